The average molecular weight is 1080 g/mol. The largest absolute Gasteiger partial charge is 0.444 e. The second-order valence-electron chi connectivity index (χ2n) is 19.1. The second-order valence-corrected chi connectivity index (χ2v) is 24.4. The molecule has 0 aliphatic heterocycles. The molecule has 0 spiro atoms. The quantitative estimate of drug-likeness (QED) is 0.0605. The number of benzene rings is 6. The maximum absolute atomic E-state index is 13.8. The number of ether oxygens (including phenoxy) is 1. The summed E-state index contributed by atoms with van der Waals surface area (Å²) in [5.74, 6) is -0.844. The lowest BCUT2D eigenvalue weighted by atomic mass is 9.82. The van der Waals surface area contributed by atoms with E-state index in [-0.39, 0.29) is 61.9 Å². The van der Waals surface area contributed by atoms with Crippen molar-refractivity contribution in [2.24, 2.45) is 10.9 Å². The van der Waals surface area contributed by atoms with Crippen LogP contribution in [-0.2, 0) is 34.7 Å². The van der Waals surface area contributed by atoms with Gasteiger partial charge in [-0.1, -0.05) is 72.8 Å². The summed E-state index contributed by atoms with van der Waals surface area (Å²) in [6, 6.07) is 33.1. The van der Waals surface area contributed by atoms with E-state index in [0.29, 0.717) is 64.6 Å². The van der Waals surface area contributed by atoms with Crippen LogP contribution in [0.25, 0.3) is 33.4 Å². The number of alkyl carbamates (subject to hydrolysis) is 1. The van der Waals surface area contributed by atoms with E-state index in [4.69, 9.17) is 9.29 Å². The van der Waals surface area contributed by atoms with Gasteiger partial charge in [-0.3, -0.25) is 4.55 Å². The van der Waals surface area contributed by atoms with Crippen LogP contribution in [0.2, 0.25) is 0 Å². The molecule has 0 saturated heterocycles. The van der Waals surface area contributed by atoms with Gasteiger partial charge in [0.15, 0.2) is 9.84 Å². The van der Waals surface area contributed by atoms with Gasteiger partial charge in [-0.25, -0.2) is 44.5 Å². The number of rotatable bonds is 12. The third kappa shape index (κ3) is 15.7. The summed E-state index contributed by atoms with van der Waals surface area (Å²) in [7, 11) is -11.2. The molecular formula is C54H56F3N3O9S4. The Balaban J connectivity index is 0.000000184. The number of aliphatic imine (C=N–C) groups is 1. The molecule has 6 aromatic carbocycles. The molecule has 0 aromatic heterocycles. The Morgan fingerprint density at radius 2 is 1.00 bits per heavy atom. The molecule has 386 valence electrons. The first-order valence-electron chi connectivity index (χ1n) is 23.1. The van der Waals surface area contributed by atoms with Crippen molar-refractivity contribution in [2.75, 3.05) is 5.75 Å². The molecule has 6 aromatic rings. The molecule has 0 radical (unpaired) electrons. The molecule has 12 nitrogen and oxygen atoms in total. The number of hydrogen-bond acceptors (Lipinski definition) is 10. The van der Waals surface area contributed by atoms with Crippen molar-refractivity contribution in [3.8, 4) is 33.4 Å². The fraction of sp³-hybridized carbons (Fsp3) is 0.296. The SMILES string of the molecule is Cc1ccc(-c2ccc(S(=O)(=O)CC3CC(NC(=O)OC(C)(C)C)C3)cc2)cc1F.Cc1ccc(-c2ccc(S(=O)(=O)NC3CC(N=C=S)C3)cc2)cc1F.Cc1ccc(-c2ccc(S(=O)(=O)O)cc2)cc1F. The van der Waals surface area contributed by atoms with Crippen LogP contribution in [0.4, 0.5) is 18.0 Å². The van der Waals surface area contributed by atoms with E-state index < -0.39 is 41.7 Å². The van der Waals surface area contributed by atoms with Gasteiger partial charge < -0.3 is 10.1 Å². The molecule has 2 aliphatic carbocycles. The van der Waals surface area contributed by atoms with Crippen LogP contribution in [0, 0.1) is 44.1 Å². The third-order valence-electron chi connectivity index (χ3n) is 12.1. The van der Waals surface area contributed by atoms with Crippen molar-refractivity contribution in [1.82, 2.24) is 10.0 Å². The number of nitrogens with zero attached hydrogens (tertiary/aromatic N) is 1. The minimum absolute atomic E-state index is 0.000748. The minimum atomic E-state index is -4.19. The first kappa shape index (κ1) is 56.2. The van der Waals surface area contributed by atoms with Crippen LogP contribution in [0.5, 0.6) is 0 Å². The van der Waals surface area contributed by atoms with Crippen LogP contribution >= 0.6 is 12.2 Å². The summed E-state index contributed by atoms with van der Waals surface area (Å²) >= 11 is 4.54. The number of halogens is 3. The van der Waals surface area contributed by atoms with Gasteiger partial charge in [0.05, 0.1) is 31.6 Å². The van der Waals surface area contributed by atoms with Crippen molar-refractivity contribution < 1.29 is 52.5 Å². The molecular weight excluding hydrogens is 1020 g/mol. The Hall–Kier alpha value is -6.05. The summed E-state index contributed by atoms with van der Waals surface area (Å²) in [6.45, 7) is 10.4. The Labute approximate surface area is 430 Å². The lowest BCUT2D eigenvalue weighted by Gasteiger charge is -2.36. The van der Waals surface area contributed by atoms with Gasteiger partial charge in [0.1, 0.15) is 23.1 Å². The molecule has 8 rings (SSSR count). The van der Waals surface area contributed by atoms with Gasteiger partial charge in [-0.2, -0.15) is 8.42 Å². The number of hydrogen-bond donors (Lipinski definition) is 3. The number of carbonyl (C=O) groups excluding carboxylic acids is 1. The van der Waals surface area contributed by atoms with E-state index in [1.54, 1.807) is 102 Å². The smallest absolute Gasteiger partial charge is 0.407 e. The molecule has 1 amide bonds. The fourth-order valence-electron chi connectivity index (χ4n) is 7.84. The van der Waals surface area contributed by atoms with E-state index in [2.05, 4.69) is 32.4 Å². The van der Waals surface area contributed by atoms with Crippen molar-refractivity contribution in [1.29, 1.82) is 0 Å². The molecule has 19 heteroatoms. The number of isothiocyanates is 1. The predicted molar refractivity (Wildman–Crippen MR) is 280 cm³/mol. The monoisotopic (exact) mass is 1080 g/mol. The third-order valence-corrected chi connectivity index (χ3v) is 16.5. The Morgan fingerprint density at radius 1 is 0.616 bits per heavy atom. The van der Waals surface area contributed by atoms with Gasteiger partial charge in [0.25, 0.3) is 10.1 Å². The second kappa shape index (κ2) is 23.4. The highest BCUT2D eigenvalue weighted by atomic mass is 32.2. The number of amides is 1. The van der Waals surface area contributed by atoms with Crippen molar-refractivity contribution in [2.45, 2.75) is 106 Å². The van der Waals surface area contributed by atoms with Crippen LogP contribution in [-0.4, -0.2) is 70.5 Å². The molecule has 0 atom stereocenters. The molecule has 0 bridgehead atoms. The number of nitrogens with one attached hydrogen (secondary N) is 2. The minimum Gasteiger partial charge on any atom is -0.444 e. The van der Waals surface area contributed by atoms with Crippen LogP contribution in [0.15, 0.2) is 147 Å². The zero-order valence-electron chi connectivity index (χ0n) is 40.9. The zero-order chi connectivity index (χ0) is 53.5. The molecule has 73 heavy (non-hydrogen) atoms. The Kier molecular flexibility index (Phi) is 18.1. The van der Waals surface area contributed by atoms with E-state index in [1.165, 1.54) is 54.6 Å². The van der Waals surface area contributed by atoms with Crippen molar-refractivity contribution in [3.63, 3.8) is 0 Å². The number of sulfone groups is 1. The van der Waals surface area contributed by atoms with Crippen LogP contribution in [0.3, 0.4) is 0 Å². The lowest BCUT2D eigenvalue weighted by molar-refractivity contribution is 0.0459. The molecule has 2 aliphatic rings. The fourth-order valence-corrected chi connectivity index (χ4v) is 11.4. The normalized spacial score (nSPS) is 17.5. The number of sulfonamides is 1. The molecule has 2 saturated carbocycles. The summed E-state index contributed by atoms with van der Waals surface area (Å²) in [5, 5.41) is 5.09. The lowest BCUT2D eigenvalue weighted by Crippen LogP contribution is -2.47. The molecule has 3 N–H and O–H groups in total. The van der Waals surface area contributed by atoms with E-state index in [0.717, 1.165) is 11.1 Å². The highest BCUT2D eigenvalue weighted by Crippen LogP contribution is 2.32. The molecule has 0 heterocycles. The first-order chi connectivity index (χ1) is 34.2. The average Bonchev–Trinajstić information content (AvgIpc) is 3.30. The van der Waals surface area contributed by atoms with E-state index in [9.17, 15) is 43.2 Å². The van der Waals surface area contributed by atoms with Gasteiger partial charge in [-0.15, -0.1) is 0 Å². The summed E-state index contributed by atoms with van der Waals surface area (Å²) < 4.78 is 130. The first-order valence-corrected chi connectivity index (χ1v) is 28.1. The highest BCUT2D eigenvalue weighted by Gasteiger charge is 2.35. The summed E-state index contributed by atoms with van der Waals surface area (Å²) in [5.41, 5.74) is 5.40. The van der Waals surface area contributed by atoms with E-state index in [1.807, 2.05) is 12.1 Å². The van der Waals surface area contributed by atoms with Crippen LogP contribution < -0.4 is 10.0 Å². The highest BCUT2D eigenvalue weighted by molar-refractivity contribution is 7.91. The number of carbonyl (C=O) groups is 1. The summed E-state index contributed by atoms with van der Waals surface area (Å²) in [6.07, 6.45) is 2.00. The maximum Gasteiger partial charge on any atom is 0.407 e. The van der Waals surface area contributed by atoms with Gasteiger partial charge in [0, 0.05) is 12.1 Å². The van der Waals surface area contributed by atoms with Gasteiger partial charge >= 0.3 is 6.09 Å². The van der Waals surface area contributed by atoms with Gasteiger partial charge in [0.2, 0.25) is 10.0 Å². The number of thiocarbonyl (C=S) groups is 1. The summed E-state index contributed by atoms with van der Waals surface area (Å²) in [4.78, 5) is 16.0. The topological polar surface area (TPSA) is 185 Å². The van der Waals surface area contributed by atoms with E-state index >= 15 is 0 Å². The molecule has 0 unspecified atom stereocenters. The zero-order valence-corrected chi connectivity index (χ0v) is 44.2. The molecule has 2 fully saturated rings. The standard InChI is InChI=1S/C23H28FNO4S.C18H17FN2O2S2.C13H11FO3S/c1-15-5-6-18(13-21(15)24)17-7-9-20(10-8-17)30(27,28)14-16-11-19(12-16)25-22(26)29-23(2,3)4;1-12-2-3-14(8-18(12)19)13-4-6-17(7-5-13)25(22,23)21-16-9-15(10-16)20-11-24;1-9-2-3-11(8-13(9)14)10-4-6-12(7-5-10)18(15,16)17/h5-10,13,16,19H,11-12,14H2,1-4H3,(H,25,26);2-8,15-16,21H,9-10H2,1H3;2-8H,1H3,(H,15,16,17). The van der Waals surface area contributed by atoms with Crippen LogP contribution in [0.1, 0.15) is 63.1 Å². The Morgan fingerprint density at radius 3 is 1.37 bits per heavy atom. The van der Waals surface area contributed by atoms with Crippen molar-refractivity contribution >= 4 is 53.5 Å². The number of aryl methyl sites for hydroxylation is 3. The Bertz CT molecular complexity index is 3330. The predicted octanol–water partition coefficient (Wildman–Crippen LogP) is 11.6. The maximum atomic E-state index is 13.8. The van der Waals surface area contributed by atoms with Gasteiger partial charge in [-0.05, 0) is 190 Å². The van der Waals surface area contributed by atoms with Crippen molar-refractivity contribution in [3.05, 3.63) is 162 Å².